The van der Waals surface area contributed by atoms with Crippen molar-refractivity contribution in [1.82, 2.24) is 5.32 Å². The number of hydrogen-bond donors (Lipinski definition) is 1. The molecule has 1 N–H and O–H groups in total. The van der Waals surface area contributed by atoms with E-state index in [0.29, 0.717) is 5.92 Å². The molecule has 3 heteroatoms. The fourth-order valence-corrected chi connectivity index (χ4v) is 3.16. The van der Waals surface area contributed by atoms with Crippen LogP contribution < -0.4 is 14.8 Å². The monoisotopic (exact) mass is 325 g/mol. The molecule has 128 valence electrons. The van der Waals surface area contributed by atoms with Gasteiger partial charge in [0.05, 0.1) is 19.8 Å². The number of ether oxygens (including phenoxy) is 2. The topological polar surface area (TPSA) is 30.5 Å². The van der Waals surface area contributed by atoms with Crippen LogP contribution in [0.4, 0.5) is 0 Å². The van der Waals surface area contributed by atoms with Crippen molar-refractivity contribution in [1.29, 1.82) is 0 Å². The number of rotatable bonds is 6. The molecule has 0 fully saturated rings. The lowest BCUT2D eigenvalue weighted by Crippen LogP contribution is -2.30. The van der Waals surface area contributed by atoms with E-state index in [1.807, 2.05) is 12.1 Å². The number of nitrogens with one attached hydrogen (secondary N) is 1. The minimum absolute atomic E-state index is 0.216. The summed E-state index contributed by atoms with van der Waals surface area (Å²) in [7, 11) is 1.72. The molecule has 0 aliphatic carbocycles. The van der Waals surface area contributed by atoms with Gasteiger partial charge in [0.1, 0.15) is 11.5 Å². The van der Waals surface area contributed by atoms with Crippen molar-refractivity contribution in [3.8, 4) is 11.5 Å². The Hall–Kier alpha value is -2.00. The highest BCUT2D eigenvalue weighted by atomic mass is 16.5. The molecule has 0 bridgehead atoms. The van der Waals surface area contributed by atoms with Gasteiger partial charge in [-0.25, -0.2) is 0 Å². The van der Waals surface area contributed by atoms with Gasteiger partial charge >= 0.3 is 0 Å². The highest BCUT2D eigenvalue weighted by Gasteiger charge is 2.22. The predicted molar refractivity (Wildman–Crippen MR) is 97.9 cm³/mol. The van der Waals surface area contributed by atoms with Gasteiger partial charge in [0.15, 0.2) is 0 Å². The summed E-state index contributed by atoms with van der Waals surface area (Å²) in [5.41, 5.74) is 3.95. The Labute approximate surface area is 145 Å². The molecule has 0 amide bonds. The largest absolute Gasteiger partial charge is 0.497 e. The first-order valence-corrected chi connectivity index (χ1v) is 8.80. The number of benzene rings is 2. The smallest absolute Gasteiger partial charge is 0.119 e. The third kappa shape index (κ3) is 3.90. The van der Waals surface area contributed by atoms with Gasteiger partial charge in [0.25, 0.3) is 0 Å². The third-order valence-corrected chi connectivity index (χ3v) is 4.56. The van der Waals surface area contributed by atoms with E-state index in [1.54, 1.807) is 7.11 Å². The molecule has 3 rings (SSSR count). The van der Waals surface area contributed by atoms with Gasteiger partial charge in [-0.15, -0.1) is 0 Å². The van der Waals surface area contributed by atoms with Gasteiger partial charge in [-0.3, -0.25) is 0 Å². The first kappa shape index (κ1) is 16.8. The van der Waals surface area contributed by atoms with Crippen molar-refractivity contribution in [2.75, 3.05) is 20.3 Å². The summed E-state index contributed by atoms with van der Waals surface area (Å²) in [6.07, 6.45) is 2.11. The fourth-order valence-electron chi connectivity index (χ4n) is 3.16. The van der Waals surface area contributed by atoms with Crippen LogP contribution in [0, 0.1) is 5.92 Å². The summed E-state index contributed by atoms with van der Waals surface area (Å²) < 4.78 is 11.3. The molecule has 24 heavy (non-hydrogen) atoms. The number of fused-ring (bicyclic) bond motifs is 1. The normalized spacial score (nSPS) is 16.8. The molecule has 2 aromatic carbocycles. The summed E-state index contributed by atoms with van der Waals surface area (Å²) in [6.45, 7) is 6.18. The van der Waals surface area contributed by atoms with Crippen molar-refractivity contribution in [3.05, 3.63) is 59.2 Å². The molecule has 1 unspecified atom stereocenters. The Morgan fingerprint density at radius 2 is 2.00 bits per heavy atom. The Morgan fingerprint density at radius 3 is 2.79 bits per heavy atom. The van der Waals surface area contributed by atoms with E-state index in [1.165, 1.54) is 16.7 Å². The molecule has 0 radical (unpaired) electrons. The number of hydrogen-bond acceptors (Lipinski definition) is 3. The molecular formula is C21H27NO2. The van der Waals surface area contributed by atoms with Gasteiger partial charge < -0.3 is 14.8 Å². The molecule has 0 spiro atoms. The van der Waals surface area contributed by atoms with Crippen LogP contribution in [0.25, 0.3) is 0 Å². The van der Waals surface area contributed by atoms with Gasteiger partial charge in [0.2, 0.25) is 0 Å². The minimum atomic E-state index is 0.216. The molecule has 1 heterocycles. The molecule has 3 nitrogen and oxygen atoms in total. The maximum absolute atomic E-state index is 5.93. The average Bonchev–Trinajstić information content (AvgIpc) is 2.60. The van der Waals surface area contributed by atoms with E-state index >= 15 is 0 Å². The van der Waals surface area contributed by atoms with Gasteiger partial charge in [-0.05, 0) is 59.7 Å². The van der Waals surface area contributed by atoms with Gasteiger partial charge in [-0.1, -0.05) is 32.0 Å². The van der Waals surface area contributed by atoms with Crippen LogP contribution in [0.5, 0.6) is 11.5 Å². The lowest BCUT2D eigenvalue weighted by molar-refractivity contribution is 0.289. The van der Waals surface area contributed by atoms with Crippen molar-refractivity contribution in [2.45, 2.75) is 32.7 Å². The van der Waals surface area contributed by atoms with Crippen LogP contribution in [-0.4, -0.2) is 20.3 Å². The standard InChI is InChI=1S/C21H27NO2/c1-15(2)10-12-24-19-6-4-5-17(14-19)21-20-8-7-18(23-3)13-16(20)9-11-22-21/h4-8,13-15,21-22H,9-12H2,1-3H3. The predicted octanol–water partition coefficient (Wildman–Crippen LogP) is 4.36. The van der Waals surface area contributed by atoms with Crippen LogP contribution >= 0.6 is 0 Å². The maximum atomic E-state index is 5.93. The van der Waals surface area contributed by atoms with Crippen LogP contribution in [-0.2, 0) is 6.42 Å². The summed E-state index contributed by atoms with van der Waals surface area (Å²) in [5, 5.41) is 3.63. The molecule has 2 aromatic rings. The van der Waals surface area contributed by atoms with E-state index in [9.17, 15) is 0 Å². The molecule has 1 aliphatic heterocycles. The zero-order valence-corrected chi connectivity index (χ0v) is 14.8. The van der Waals surface area contributed by atoms with Crippen molar-refractivity contribution < 1.29 is 9.47 Å². The second-order valence-electron chi connectivity index (χ2n) is 6.81. The second kappa shape index (κ2) is 7.71. The van der Waals surface area contributed by atoms with E-state index in [-0.39, 0.29) is 6.04 Å². The van der Waals surface area contributed by atoms with Crippen molar-refractivity contribution in [3.63, 3.8) is 0 Å². The van der Waals surface area contributed by atoms with Crippen LogP contribution in [0.3, 0.4) is 0 Å². The maximum Gasteiger partial charge on any atom is 0.119 e. The Kier molecular flexibility index (Phi) is 5.41. The minimum Gasteiger partial charge on any atom is -0.497 e. The lowest BCUT2D eigenvalue weighted by Gasteiger charge is -2.28. The molecule has 1 atom stereocenters. The molecule has 0 saturated carbocycles. The average molecular weight is 325 g/mol. The van der Waals surface area contributed by atoms with Crippen LogP contribution in [0.15, 0.2) is 42.5 Å². The summed E-state index contributed by atoms with van der Waals surface area (Å²) >= 11 is 0. The first-order chi connectivity index (χ1) is 11.7. The third-order valence-electron chi connectivity index (χ3n) is 4.56. The summed E-state index contributed by atoms with van der Waals surface area (Å²) in [5.74, 6) is 2.55. The Bertz CT molecular complexity index is 681. The van der Waals surface area contributed by atoms with Crippen LogP contribution in [0.1, 0.15) is 43.0 Å². The zero-order valence-electron chi connectivity index (χ0n) is 14.8. The zero-order chi connectivity index (χ0) is 16.9. The highest BCUT2D eigenvalue weighted by Crippen LogP contribution is 2.32. The van der Waals surface area contributed by atoms with Gasteiger partial charge in [0, 0.05) is 6.54 Å². The van der Waals surface area contributed by atoms with Crippen LogP contribution in [0.2, 0.25) is 0 Å². The molecule has 1 aliphatic rings. The molecular weight excluding hydrogens is 298 g/mol. The lowest BCUT2D eigenvalue weighted by atomic mass is 9.89. The first-order valence-electron chi connectivity index (χ1n) is 8.80. The van der Waals surface area contributed by atoms with Crippen molar-refractivity contribution in [2.24, 2.45) is 5.92 Å². The number of methoxy groups -OCH3 is 1. The SMILES string of the molecule is COc1ccc2c(c1)CCNC2c1cccc(OCCC(C)C)c1. The molecule has 0 saturated heterocycles. The van der Waals surface area contributed by atoms with E-state index in [0.717, 1.165) is 37.5 Å². The fraction of sp³-hybridized carbons (Fsp3) is 0.429. The Balaban J connectivity index is 1.80. The molecule has 0 aromatic heterocycles. The second-order valence-corrected chi connectivity index (χ2v) is 6.81. The van der Waals surface area contributed by atoms with Crippen molar-refractivity contribution >= 4 is 0 Å². The Morgan fingerprint density at radius 1 is 1.12 bits per heavy atom. The van der Waals surface area contributed by atoms with E-state index in [4.69, 9.17) is 9.47 Å². The summed E-state index contributed by atoms with van der Waals surface area (Å²) in [4.78, 5) is 0. The summed E-state index contributed by atoms with van der Waals surface area (Å²) in [6, 6.07) is 15.1. The van der Waals surface area contributed by atoms with E-state index < -0.39 is 0 Å². The quantitative estimate of drug-likeness (QED) is 0.856. The highest BCUT2D eigenvalue weighted by molar-refractivity contribution is 5.45. The van der Waals surface area contributed by atoms with E-state index in [2.05, 4.69) is 49.5 Å². The van der Waals surface area contributed by atoms with Gasteiger partial charge in [-0.2, -0.15) is 0 Å².